The lowest BCUT2D eigenvalue weighted by Crippen LogP contribution is -2.24. The van der Waals surface area contributed by atoms with Crippen LogP contribution in [0, 0.1) is 6.92 Å². The van der Waals surface area contributed by atoms with Crippen LogP contribution in [-0.2, 0) is 0 Å². The Bertz CT molecular complexity index is 575. The van der Waals surface area contributed by atoms with E-state index in [0.717, 1.165) is 12.8 Å². The number of hydrogen-bond donors (Lipinski definition) is 2. The molecular weight excluding hydrogens is 310 g/mol. The zero-order chi connectivity index (χ0) is 14.4. The van der Waals surface area contributed by atoms with Gasteiger partial charge >= 0.3 is 0 Å². The molecule has 3 N–H and O–H groups in total. The van der Waals surface area contributed by atoms with Gasteiger partial charge in [-0.3, -0.25) is 4.79 Å². The van der Waals surface area contributed by atoms with Gasteiger partial charge in [0.1, 0.15) is 4.88 Å². The normalized spacial score (nSPS) is 10.0. The van der Waals surface area contributed by atoms with Crippen molar-refractivity contribution in [3.8, 4) is 10.8 Å². The smallest absolute Gasteiger partial charge is 0.263 e. The number of aromatic nitrogens is 3. The van der Waals surface area contributed by atoms with Gasteiger partial charge < -0.3 is 11.1 Å². The molecule has 0 atom stereocenters. The third-order valence-corrected chi connectivity index (χ3v) is 3.83. The summed E-state index contributed by atoms with van der Waals surface area (Å²) in [5, 5.41) is 3.54. The highest BCUT2D eigenvalue weighted by molar-refractivity contribution is 7.17. The molecule has 2 heterocycles. The molecule has 2 aromatic rings. The van der Waals surface area contributed by atoms with Crippen molar-refractivity contribution in [1.82, 2.24) is 20.3 Å². The van der Waals surface area contributed by atoms with Crippen molar-refractivity contribution in [2.24, 2.45) is 5.73 Å². The van der Waals surface area contributed by atoms with Crippen LogP contribution in [0.5, 0.6) is 0 Å². The first kappa shape index (κ1) is 17.5. The minimum Gasteiger partial charge on any atom is -0.351 e. The van der Waals surface area contributed by atoms with E-state index >= 15 is 0 Å². The van der Waals surface area contributed by atoms with Crippen molar-refractivity contribution in [3.05, 3.63) is 29.0 Å². The third kappa shape index (κ3) is 4.73. The van der Waals surface area contributed by atoms with Gasteiger partial charge in [0, 0.05) is 18.9 Å². The Morgan fingerprint density at radius 1 is 1.33 bits per heavy atom. The fourth-order valence-corrected chi connectivity index (χ4v) is 2.59. The highest BCUT2D eigenvalue weighted by Crippen LogP contribution is 2.24. The van der Waals surface area contributed by atoms with Gasteiger partial charge in [-0.15, -0.1) is 23.7 Å². The molecule has 0 unspecified atom stereocenters. The number of carbonyl (C=O) groups is 1. The van der Waals surface area contributed by atoms with E-state index in [1.54, 1.807) is 18.5 Å². The van der Waals surface area contributed by atoms with Crippen molar-refractivity contribution >= 4 is 29.7 Å². The molecule has 0 aliphatic carbocycles. The standard InChI is InChI=1S/C13H17N5OS.ClH/c1-9-10(12(19)17-6-3-2-5-14)20-13(18-9)11-15-7-4-8-16-11;/h4,7-8H,2-3,5-6,14H2,1H3,(H,17,19);1H. The maximum Gasteiger partial charge on any atom is 0.263 e. The number of nitrogens with two attached hydrogens (primary N) is 1. The van der Waals surface area contributed by atoms with E-state index in [-0.39, 0.29) is 18.3 Å². The molecule has 6 nitrogen and oxygen atoms in total. The number of amides is 1. The summed E-state index contributed by atoms with van der Waals surface area (Å²) in [6.07, 6.45) is 5.11. The number of hydrogen-bond acceptors (Lipinski definition) is 6. The summed E-state index contributed by atoms with van der Waals surface area (Å²) in [7, 11) is 0. The Balaban J connectivity index is 0.00000220. The van der Waals surface area contributed by atoms with Gasteiger partial charge in [0.05, 0.1) is 5.69 Å². The Morgan fingerprint density at radius 2 is 2.05 bits per heavy atom. The van der Waals surface area contributed by atoms with Crippen LogP contribution < -0.4 is 11.1 Å². The predicted octanol–water partition coefficient (Wildman–Crippen LogP) is 1.80. The molecule has 0 aliphatic heterocycles. The van der Waals surface area contributed by atoms with Crippen molar-refractivity contribution < 1.29 is 4.79 Å². The van der Waals surface area contributed by atoms with E-state index in [1.807, 2.05) is 6.92 Å². The lowest BCUT2D eigenvalue weighted by molar-refractivity contribution is 0.0956. The summed E-state index contributed by atoms with van der Waals surface area (Å²) in [5.74, 6) is 0.446. The summed E-state index contributed by atoms with van der Waals surface area (Å²) < 4.78 is 0. The molecule has 0 fully saturated rings. The molecule has 0 saturated carbocycles. The molecule has 0 aliphatic rings. The summed E-state index contributed by atoms with van der Waals surface area (Å²) in [6, 6.07) is 1.75. The highest BCUT2D eigenvalue weighted by Gasteiger charge is 2.16. The molecule has 0 spiro atoms. The number of nitrogens with zero attached hydrogens (tertiary/aromatic N) is 3. The number of carbonyl (C=O) groups excluding carboxylic acids is 1. The highest BCUT2D eigenvalue weighted by atomic mass is 35.5. The first-order valence-corrected chi connectivity index (χ1v) is 7.27. The van der Waals surface area contributed by atoms with E-state index in [9.17, 15) is 4.79 Å². The number of aryl methyl sites for hydroxylation is 1. The largest absolute Gasteiger partial charge is 0.351 e. The molecule has 0 aromatic carbocycles. The fraction of sp³-hybridized carbons (Fsp3) is 0.385. The molecule has 0 saturated heterocycles. The summed E-state index contributed by atoms with van der Waals surface area (Å²) in [4.78, 5) is 25.3. The maximum atomic E-state index is 12.1. The average Bonchev–Trinajstić information content (AvgIpc) is 2.86. The SMILES string of the molecule is Cc1nc(-c2ncccn2)sc1C(=O)NCCCCN.Cl. The Morgan fingerprint density at radius 3 is 2.71 bits per heavy atom. The zero-order valence-electron chi connectivity index (χ0n) is 11.7. The Labute approximate surface area is 133 Å². The number of rotatable bonds is 6. The first-order chi connectivity index (χ1) is 9.72. The second kappa shape index (κ2) is 8.66. The van der Waals surface area contributed by atoms with E-state index in [4.69, 9.17) is 5.73 Å². The summed E-state index contributed by atoms with van der Waals surface area (Å²) in [5.41, 5.74) is 6.12. The monoisotopic (exact) mass is 327 g/mol. The lowest BCUT2D eigenvalue weighted by atomic mass is 10.3. The molecule has 0 bridgehead atoms. The van der Waals surface area contributed by atoms with Gasteiger partial charge in [-0.25, -0.2) is 15.0 Å². The molecule has 1 amide bonds. The Hall–Kier alpha value is -1.57. The van der Waals surface area contributed by atoms with Crippen LogP contribution in [-0.4, -0.2) is 33.9 Å². The molecule has 0 radical (unpaired) electrons. The minimum atomic E-state index is -0.0980. The molecule has 114 valence electrons. The van der Waals surface area contributed by atoms with Crippen molar-refractivity contribution in [3.63, 3.8) is 0 Å². The van der Waals surface area contributed by atoms with Crippen LogP contribution in [0.15, 0.2) is 18.5 Å². The first-order valence-electron chi connectivity index (χ1n) is 6.45. The molecule has 2 aromatic heterocycles. The van der Waals surface area contributed by atoms with Crippen molar-refractivity contribution in [2.45, 2.75) is 19.8 Å². The second-order valence-electron chi connectivity index (χ2n) is 4.26. The quantitative estimate of drug-likeness (QED) is 0.789. The Kier molecular flexibility index (Phi) is 7.21. The number of thiazole rings is 1. The van der Waals surface area contributed by atoms with Gasteiger partial charge in [-0.2, -0.15) is 0 Å². The van der Waals surface area contributed by atoms with Crippen LogP contribution in [0.1, 0.15) is 28.2 Å². The van der Waals surface area contributed by atoms with E-state index in [2.05, 4.69) is 20.3 Å². The van der Waals surface area contributed by atoms with Crippen molar-refractivity contribution in [1.29, 1.82) is 0 Å². The van der Waals surface area contributed by atoms with E-state index in [1.165, 1.54) is 11.3 Å². The molecule has 8 heteroatoms. The maximum absolute atomic E-state index is 12.1. The second-order valence-corrected chi connectivity index (χ2v) is 5.26. The van der Waals surface area contributed by atoms with Gasteiger partial charge in [0.2, 0.25) is 0 Å². The van der Waals surface area contributed by atoms with Crippen LogP contribution in [0.25, 0.3) is 10.8 Å². The topological polar surface area (TPSA) is 93.8 Å². The average molecular weight is 328 g/mol. The third-order valence-electron chi connectivity index (χ3n) is 2.68. The lowest BCUT2D eigenvalue weighted by Gasteiger charge is -2.02. The zero-order valence-corrected chi connectivity index (χ0v) is 13.3. The van der Waals surface area contributed by atoms with Crippen LogP contribution >= 0.6 is 23.7 Å². The summed E-state index contributed by atoms with van der Waals surface area (Å²) in [6.45, 7) is 3.09. The fourth-order valence-electron chi connectivity index (χ4n) is 1.66. The van der Waals surface area contributed by atoms with Crippen LogP contribution in [0.2, 0.25) is 0 Å². The van der Waals surface area contributed by atoms with Gasteiger partial charge in [0.25, 0.3) is 5.91 Å². The molecular formula is C13H18ClN5OS. The van der Waals surface area contributed by atoms with Gasteiger partial charge in [0.15, 0.2) is 10.8 Å². The van der Waals surface area contributed by atoms with Gasteiger partial charge in [-0.05, 0) is 32.4 Å². The van der Waals surface area contributed by atoms with Crippen LogP contribution in [0.3, 0.4) is 0 Å². The number of nitrogens with one attached hydrogen (secondary N) is 1. The minimum absolute atomic E-state index is 0. The number of unbranched alkanes of at least 4 members (excludes halogenated alkanes) is 1. The molecule has 21 heavy (non-hydrogen) atoms. The summed E-state index contributed by atoms with van der Waals surface area (Å²) >= 11 is 1.31. The molecule has 2 rings (SSSR count). The number of halogens is 1. The van der Waals surface area contributed by atoms with Crippen LogP contribution in [0.4, 0.5) is 0 Å². The van der Waals surface area contributed by atoms with E-state index in [0.29, 0.717) is 34.5 Å². The van der Waals surface area contributed by atoms with Gasteiger partial charge in [-0.1, -0.05) is 0 Å². The predicted molar refractivity (Wildman–Crippen MR) is 85.7 cm³/mol. The van der Waals surface area contributed by atoms with E-state index < -0.39 is 0 Å². The van der Waals surface area contributed by atoms with Crippen molar-refractivity contribution in [2.75, 3.05) is 13.1 Å².